The Morgan fingerprint density at radius 1 is 1.20 bits per heavy atom. The molecule has 8 nitrogen and oxygen atoms in total. The molecule has 0 saturated heterocycles. The summed E-state index contributed by atoms with van der Waals surface area (Å²) >= 11 is 0. The number of carbonyl (C=O) groups is 1. The van der Waals surface area contributed by atoms with Crippen molar-refractivity contribution in [3.63, 3.8) is 0 Å². The van der Waals surface area contributed by atoms with E-state index in [1.807, 2.05) is 33.6 Å². The molecule has 4 rings (SSSR count). The minimum Gasteiger partial charge on any atom is -0.493 e. The molecule has 0 amide bonds. The smallest absolute Gasteiger partial charge is 0.343 e. The van der Waals surface area contributed by atoms with Crippen molar-refractivity contribution in [2.75, 3.05) is 20.3 Å². The second-order valence-electron chi connectivity index (χ2n) is 9.78. The predicted molar refractivity (Wildman–Crippen MR) is 133 cm³/mol. The van der Waals surface area contributed by atoms with Gasteiger partial charge in [-0.15, -0.1) is 0 Å². The van der Waals surface area contributed by atoms with Crippen LogP contribution >= 0.6 is 0 Å². The highest BCUT2D eigenvalue weighted by Gasteiger charge is 2.34. The van der Waals surface area contributed by atoms with Crippen LogP contribution in [0.5, 0.6) is 11.5 Å². The predicted octanol–water partition coefficient (Wildman–Crippen LogP) is 4.51. The number of hydrogen-bond donors (Lipinski definition) is 0. The number of methoxy groups -OCH3 is 1. The number of hydrogen-bond acceptors (Lipinski definition) is 6. The Morgan fingerprint density at radius 3 is 2.66 bits per heavy atom. The van der Waals surface area contributed by atoms with Crippen LogP contribution in [0.3, 0.4) is 0 Å². The summed E-state index contributed by atoms with van der Waals surface area (Å²) < 4.78 is 20.8. The number of nitrogens with zero attached hydrogens (tertiary/aromatic N) is 3. The second kappa shape index (κ2) is 9.98. The topological polar surface area (TPSA) is 84.6 Å². The Morgan fingerprint density at radius 2 is 2.00 bits per heavy atom. The van der Waals surface area contributed by atoms with Crippen molar-refractivity contribution in [2.24, 2.45) is 5.41 Å². The molecule has 2 aromatic heterocycles. The second-order valence-corrected chi connectivity index (χ2v) is 9.78. The fourth-order valence-electron chi connectivity index (χ4n) is 4.54. The first-order valence-corrected chi connectivity index (χ1v) is 12.0. The standard InChI is InChI=1S/C27H33N3O5/c1-6-34-26(32)20-17-30-21(16-22(20)31)19-15-23(33-5)24(13-18(19)14-25(30)27(2,3)4)35-12-8-11-29-10-7-9-28-29/h7,9-10,13,15-17,25H,6,8,11-12,14H2,1-5H3. The van der Waals surface area contributed by atoms with Gasteiger partial charge >= 0.3 is 5.97 Å². The lowest BCUT2D eigenvalue weighted by Gasteiger charge is -2.39. The monoisotopic (exact) mass is 479 g/mol. The van der Waals surface area contributed by atoms with Gasteiger partial charge in [-0.2, -0.15) is 5.10 Å². The van der Waals surface area contributed by atoms with E-state index in [2.05, 4.69) is 25.9 Å². The van der Waals surface area contributed by atoms with Crippen molar-refractivity contribution in [2.45, 2.75) is 53.1 Å². The quantitative estimate of drug-likeness (QED) is 0.349. The molecule has 1 aliphatic rings. The summed E-state index contributed by atoms with van der Waals surface area (Å²) in [5.74, 6) is 0.687. The average molecular weight is 480 g/mol. The molecule has 0 N–H and O–H groups in total. The molecule has 1 unspecified atom stereocenters. The van der Waals surface area contributed by atoms with Crippen LogP contribution < -0.4 is 14.9 Å². The van der Waals surface area contributed by atoms with Crippen molar-refractivity contribution in [3.05, 3.63) is 64.2 Å². The molecule has 1 aliphatic heterocycles. The first kappa shape index (κ1) is 24.6. The summed E-state index contributed by atoms with van der Waals surface area (Å²) in [6.45, 7) is 9.71. The van der Waals surface area contributed by atoms with Crippen LogP contribution in [-0.2, 0) is 17.7 Å². The molecule has 3 heterocycles. The van der Waals surface area contributed by atoms with Gasteiger partial charge in [0.15, 0.2) is 16.9 Å². The Hall–Kier alpha value is -3.55. The van der Waals surface area contributed by atoms with Gasteiger partial charge in [0, 0.05) is 49.2 Å². The van der Waals surface area contributed by atoms with Gasteiger partial charge < -0.3 is 18.8 Å². The van der Waals surface area contributed by atoms with Gasteiger partial charge in [-0.05, 0) is 42.5 Å². The number of esters is 1. The van der Waals surface area contributed by atoms with Gasteiger partial charge in [0.1, 0.15) is 5.56 Å². The summed E-state index contributed by atoms with van der Waals surface area (Å²) in [5.41, 5.74) is 2.31. The van der Waals surface area contributed by atoms with Gasteiger partial charge in [-0.1, -0.05) is 20.8 Å². The average Bonchev–Trinajstić information content (AvgIpc) is 3.33. The van der Waals surface area contributed by atoms with E-state index in [9.17, 15) is 9.59 Å². The fourth-order valence-corrected chi connectivity index (χ4v) is 4.54. The lowest BCUT2D eigenvalue weighted by atomic mass is 9.78. The van der Waals surface area contributed by atoms with Gasteiger partial charge in [-0.3, -0.25) is 9.48 Å². The number of aryl methyl sites for hydroxylation is 1. The number of benzene rings is 1. The minimum atomic E-state index is -0.595. The van der Waals surface area contributed by atoms with E-state index in [1.54, 1.807) is 26.4 Å². The van der Waals surface area contributed by atoms with Crippen LogP contribution in [0.25, 0.3) is 11.3 Å². The summed E-state index contributed by atoms with van der Waals surface area (Å²) in [5, 5.41) is 4.22. The molecule has 8 heteroatoms. The summed E-state index contributed by atoms with van der Waals surface area (Å²) in [6, 6.07) is 7.41. The third-order valence-corrected chi connectivity index (χ3v) is 6.34. The van der Waals surface area contributed by atoms with Gasteiger partial charge in [0.25, 0.3) is 0 Å². The van der Waals surface area contributed by atoms with Gasteiger partial charge in [0.2, 0.25) is 0 Å². The zero-order chi connectivity index (χ0) is 25.2. The maximum Gasteiger partial charge on any atom is 0.343 e. The van der Waals surface area contributed by atoms with E-state index in [4.69, 9.17) is 14.2 Å². The van der Waals surface area contributed by atoms with E-state index >= 15 is 0 Å². The normalized spacial score (nSPS) is 14.7. The lowest BCUT2D eigenvalue weighted by molar-refractivity contribution is 0.0523. The van der Waals surface area contributed by atoms with Crippen LogP contribution in [0, 0.1) is 5.41 Å². The zero-order valence-corrected chi connectivity index (χ0v) is 21.0. The molecule has 0 aliphatic carbocycles. The van der Waals surface area contributed by atoms with E-state index in [0.29, 0.717) is 18.1 Å². The van der Waals surface area contributed by atoms with Gasteiger partial charge in [0.05, 0.1) is 26.0 Å². The molecule has 186 valence electrons. The molecule has 35 heavy (non-hydrogen) atoms. The highest BCUT2D eigenvalue weighted by atomic mass is 16.5. The van der Waals surface area contributed by atoms with Crippen molar-refractivity contribution in [1.29, 1.82) is 0 Å². The van der Waals surface area contributed by atoms with Crippen molar-refractivity contribution in [3.8, 4) is 22.8 Å². The maximum absolute atomic E-state index is 12.9. The van der Waals surface area contributed by atoms with Crippen molar-refractivity contribution < 1.29 is 19.0 Å². The Bertz CT molecular complexity index is 1260. The minimum absolute atomic E-state index is 0.0276. The Balaban J connectivity index is 1.70. The molecular formula is C27H33N3O5. The number of aromatic nitrogens is 3. The molecule has 0 saturated carbocycles. The van der Waals surface area contributed by atoms with Crippen LogP contribution in [-0.4, -0.2) is 40.6 Å². The Labute approximate surface area is 205 Å². The highest BCUT2D eigenvalue weighted by molar-refractivity contribution is 5.89. The molecule has 0 bridgehead atoms. The van der Waals surface area contributed by atoms with E-state index in [1.165, 1.54) is 6.07 Å². The first-order valence-electron chi connectivity index (χ1n) is 12.0. The van der Waals surface area contributed by atoms with E-state index in [-0.39, 0.29) is 29.1 Å². The summed E-state index contributed by atoms with van der Waals surface area (Å²) in [7, 11) is 1.61. The van der Waals surface area contributed by atoms with E-state index in [0.717, 1.165) is 36.2 Å². The number of carbonyl (C=O) groups excluding carboxylic acids is 1. The van der Waals surface area contributed by atoms with Crippen molar-refractivity contribution in [1.82, 2.24) is 14.3 Å². The van der Waals surface area contributed by atoms with Crippen molar-refractivity contribution >= 4 is 5.97 Å². The summed E-state index contributed by atoms with van der Waals surface area (Å²) in [4.78, 5) is 25.3. The van der Waals surface area contributed by atoms with Crippen LogP contribution in [0.2, 0.25) is 0 Å². The third kappa shape index (κ3) is 5.11. The fraction of sp³-hybridized carbons (Fsp3) is 0.444. The molecular weight excluding hydrogens is 446 g/mol. The van der Waals surface area contributed by atoms with E-state index < -0.39 is 5.97 Å². The lowest BCUT2D eigenvalue weighted by Crippen LogP contribution is -2.33. The number of rotatable bonds is 8. The molecule has 0 spiro atoms. The largest absolute Gasteiger partial charge is 0.493 e. The summed E-state index contributed by atoms with van der Waals surface area (Å²) in [6.07, 6.45) is 6.88. The molecule has 0 radical (unpaired) electrons. The Kier molecular flexibility index (Phi) is 7.00. The molecule has 1 aromatic carbocycles. The molecule has 1 atom stereocenters. The number of fused-ring (bicyclic) bond motifs is 3. The van der Waals surface area contributed by atoms with Crippen LogP contribution in [0.4, 0.5) is 0 Å². The SMILES string of the molecule is CCOC(=O)c1cn2c(cc1=O)-c1cc(OC)c(OCCCn3cccn3)cc1CC2C(C)(C)C. The molecule has 0 fully saturated rings. The number of pyridine rings is 1. The van der Waals surface area contributed by atoms with Gasteiger partial charge in [-0.25, -0.2) is 4.79 Å². The maximum atomic E-state index is 12.9. The molecule has 3 aromatic rings. The number of ether oxygens (including phenoxy) is 3. The zero-order valence-electron chi connectivity index (χ0n) is 21.0. The van der Waals surface area contributed by atoms with Crippen LogP contribution in [0.1, 0.15) is 56.1 Å². The van der Waals surface area contributed by atoms with Crippen LogP contribution in [0.15, 0.2) is 47.7 Å². The highest BCUT2D eigenvalue weighted by Crippen LogP contribution is 2.45. The third-order valence-electron chi connectivity index (χ3n) is 6.34. The first-order chi connectivity index (χ1) is 16.7.